The van der Waals surface area contributed by atoms with Gasteiger partial charge in [-0.1, -0.05) is 19.8 Å². The maximum atomic E-state index is 5.73. The quantitative estimate of drug-likeness (QED) is 0.485. The number of ether oxygens (including phenoxy) is 2. The van der Waals surface area contributed by atoms with E-state index in [1.54, 1.807) is 14.2 Å². The number of rotatable bonds is 8. The van der Waals surface area contributed by atoms with E-state index in [2.05, 4.69) is 20.8 Å². The van der Waals surface area contributed by atoms with Crippen LogP contribution in [0.3, 0.4) is 0 Å². The van der Waals surface area contributed by atoms with E-state index >= 15 is 0 Å². The van der Waals surface area contributed by atoms with Crippen molar-refractivity contribution in [3.8, 4) is 0 Å². The largest absolute Gasteiger partial charge is 0.423 e. The van der Waals surface area contributed by atoms with E-state index in [4.69, 9.17) is 13.9 Å². The molecule has 0 spiro atoms. The van der Waals surface area contributed by atoms with Gasteiger partial charge in [0.05, 0.1) is 5.60 Å². The van der Waals surface area contributed by atoms with Gasteiger partial charge in [-0.3, -0.25) is 0 Å². The van der Waals surface area contributed by atoms with Crippen LogP contribution in [0.2, 0.25) is 0 Å². The predicted molar refractivity (Wildman–Crippen MR) is 70.5 cm³/mol. The first-order valence-electron chi connectivity index (χ1n) is 6.03. The van der Waals surface area contributed by atoms with Crippen LogP contribution in [-0.2, 0) is 13.9 Å². The van der Waals surface area contributed by atoms with Gasteiger partial charge in [-0.15, -0.1) is 0 Å². The Morgan fingerprint density at radius 3 is 1.94 bits per heavy atom. The van der Waals surface area contributed by atoms with Gasteiger partial charge in [-0.05, 0) is 27.2 Å². The van der Waals surface area contributed by atoms with Gasteiger partial charge in [0.2, 0.25) is 0 Å². The van der Waals surface area contributed by atoms with Crippen molar-refractivity contribution in [2.45, 2.75) is 58.3 Å². The normalized spacial score (nSPS) is 15.4. The van der Waals surface area contributed by atoms with E-state index in [0.717, 1.165) is 16.9 Å². The van der Waals surface area contributed by atoms with Gasteiger partial charge in [0.1, 0.15) is 10.5 Å². The van der Waals surface area contributed by atoms with Gasteiger partial charge in [-0.2, -0.15) is 0 Å². The summed E-state index contributed by atoms with van der Waals surface area (Å²) in [5.74, 6) is -0.323. The molecule has 0 N–H and O–H groups in total. The minimum absolute atomic E-state index is 0.192. The van der Waals surface area contributed by atoms with Crippen molar-refractivity contribution in [1.29, 1.82) is 0 Å². The highest BCUT2D eigenvalue weighted by Crippen LogP contribution is 2.37. The Morgan fingerprint density at radius 2 is 1.62 bits per heavy atom. The van der Waals surface area contributed by atoms with Crippen LogP contribution >= 0.6 is 0 Å². The molecule has 1 atom stereocenters. The van der Waals surface area contributed by atoms with E-state index in [9.17, 15) is 0 Å². The lowest BCUT2D eigenvalue weighted by Gasteiger charge is -2.44. The average Bonchev–Trinajstić information content (AvgIpc) is 2.28. The molecule has 0 aromatic carbocycles. The molecule has 0 rings (SSSR count). The van der Waals surface area contributed by atoms with Gasteiger partial charge in [0, 0.05) is 20.1 Å². The average molecular weight is 248 g/mol. The van der Waals surface area contributed by atoms with Crippen molar-refractivity contribution in [1.82, 2.24) is 0 Å². The predicted octanol–water partition coefficient (Wildman–Crippen LogP) is 1.88. The van der Waals surface area contributed by atoms with Gasteiger partial charge in [0.15, 0.2) is 5.79 Å². The van der Waals surface area contributed by atoms with Crippen LogP contribution < -0.4 is 0 Å². The molecule has 4 heteroatoms. The molecule has 0 amide bonds. The Labute approximate surface area is 103 Å². The highest BCUT2D eigenvalue weighted by atomic mass is 28.2. The fraction of sp³-hybridized carbons (Fsp3) is 1.00. The molecule has 0 aromatic heterocycles. The third-order valence-electron chi connectivity index (χ3n) is 3.66. The van der Waals surface area contributed by atoms with Gasteiger partial charge in [0.25, 0.3) is 0 Å². The zero-order valence-corrected chi connectivity index (χ0v) is 13.9. The second-order valence-corrected chi connectivity index (χ2v) is 5.33. The number of hydrogen-bond donors (Lipinski definition) is 0. The summed E-state index contributed by atoms with van der Waals surface area (Å²) in [6.45, 7) is 8.44. The smallest absolute Gasteiger partial charge is 0.170 e. The third-order valence-corrected chi connectivity index (χ3v) is 4.71. The first-order valence-corrected chi connectivity index (χ1v) is 6.85. The van der Waals surface area contributed by atoms with Crippen molar-refractivity contribution in [3.05, 3.63) is 0 Å². The zero-order chi connectivity index (χ0) is 12.8. The van der Waals surface area contributed by atoms with Gasteiger partial charge in [-0.25, -0.2) is 0 Å². The zero-order valence-electron chi connectivity index (χ0n) is 11.9. The van der Waals surface area contributed by atoms with Crippen molar-refractivity contribution in [2.24, 2.45) is 5.92 Å². The molecule has 98 valence electrons. The summed E-state index contributed by atoms with van der Waals surface area (Å²) in [4.78, 5) is 0. The summed E-state index contributed by atoms with van der Waals surface area (Å²) < 4.78 is 16.8. The fourth-order valence-corrected chi connectivity index (χ4v) is 2.44. The molecule has 0 aliphatic heterocycles. The molecular formula is C12H28O3Si. The first-order chi connectivity index (χ1) is 7.37. The summed E-state index contributed by atoms with van der Waals surface area (Å²) in [6.07, 6.45) is 3.41. The number of hydrogen-bond acceptors (Lipinski definition) is 3. The maximum Gasteiger partial charge on any atom is 0.170 e. The van der Waals surface area contributed by atoms with Crippen LogP contribution in [0.1, 0.15) is 47.0 Å². The second kappa shape index (κ2) is 6.74. The second-order valence-electron chi connectivity index (χ2n) is 4.93. The Bertz CT molecular complexity index is 191. The molecule has 0 bridgehead atoms. The number of methoxy groups -OCH3 is 2. The molecule has 0 aliphatic rings. The minimum Gasteiger partial charge on any atom is -0.423 e. The van der Waals surface area contributed by atoms with E-state index in [1.807, 2.05) is 6.92 Å². The Morgan fingerprint density at radius 1 is 1.12 bits per heavy atom. The molecule has 0 aromatic rings. The molecule has 0 saturated carbocycles. The van der Waals surface area contributed by atoms with Crippen molar-refractivity contribution in [3.63, 3.8) is 0 Å². The van der Waals surface area contributed by atoms with Gasteiger partial charge < -0.3 is 13.9 Å². The van der Waals surface area contributed by atoms with Crippen LogP contribution in [-0.4, -0.2) is 36.1 Å². The molecule has 16 heavy (non-hydrogen) atoms. The highest BCUT2D eigenvalue weighted by molar-refractivity contribution is 5.98. The molecule has 0 heterocycles. The lowest BCUT2D eigenvalue weighted by molar-refractivity contribution is -0.255. The van der Waals surface area contributed by atoms with Crippen LogP contribution in [0.5, 0.6) is 0 Å². The van der Waals surface area contributed by atoms with E-state index < -0.39 is 5.79 Å². The van der Waals surface area contributed by atoms with Crippen molar-refractivity contribution in [2.75, 3.05) is 14.2 Å². The maximum absolute atomic E-state index is 5.73. The molecule has 0 aliphatic carbocycles. The first kappa shape index (κ1) is 16.1. The van der Waals surface area contributed by atoms with Crippen LogP contribution in [0.4, 0.5) is 0 Å². The molecule has 0 saturated heterocycles. The summed E-state index contributed by atoms with van der Waals surface area (Å²) in [5.41, 5.74) is -0.192. The lowest BCUT2D eigenvalue weighted by Crippen LogP contribution is -2.50. The van der Waals surface area contributed by atoms with E-state index in [1.165, 1.54) is 12.8 Å². The lowest BCUT2D eigenvalue weighted by atomic mass is 9.80. The van der Waals surface area contributed by atoms with Crippen LogP contribution in [0.25, 0.3) is 0 Å². The summed E-state index contributed by atoms with van der Waals surface area (Å²) in [7, 11) is 4.13. The fourth-order valence-electron chi connectivity index (χ4n) is 2.16. The molecule has 0 fully saturated rings. The van der Waals surface area contributed by atoms with Crippen LogP contribution in [0, 0.1) is 5.92 Å². The topological polar surface area (TPSA) is 27.7 Å². The third kappa shape index (κ3) is 3.84. The molecule has 0 radical (unpaired) electrons. The summed E-state index contributed by atoms with van der Waals surface area (Å²) >= 11 is 0. The Kier molecular flexibility index (Phi) is 6.78. The van der Waals surface area contributed by atoms with Crippen molar-refractivity contribution < 1.29 is 13.9 Å². The standard InChI is InChI=1S/C12H28O3Si/c1-7-8-9-10(11(2,3)15-16)12(4,13-5)14-6/h10H,7-9H2,1-6,16H3. The number of unbranched alkanes of at least 4 members (excludes halogenated alkanes) is 1. The Balaban J connectivity index is 4.91. The summed E-state index contributed by atoms with van der Waals surface area (Å²) in [5, 5.41) is 0. The highest BCUT2D eigenvalue weighted by Gasteiger charge is 2.43. The summed E-state index contributed by atoms with van der Waals surface area (Å²) in [6, 6.07) is 0. The monoisotopic (exact) mass is 248 g/mol. The van der Waals surface area contributed by atoms with Crippen molar-refractivity contribution >= 4 is 10.5 Å². The Hall–Kier alpha value is 0.0969. The van der Waals surface area contributed by atoms with Gasteiger partial charge >= 0.3 is 0 Å². The molecule has 1 unspecified atom stereocenters. The molecular weight excluding hydrogens is 220 g/mol. The van der Waals surface area contributed by atoms with Crippen LogP contribution in [0.15, 0.2) is 0 Å². The molecule has 3 nitrogen and oxygen atoms in total. The van der Waals surface area contributed by atoms with E-state index in [-0.39, 0.29) is 11.5 Å². The SMILES string of the molecule is CCCCC(C(C)(C)O[SiH3])C(C)(OC)OC. The van der Waals surface area contributed by atoms with E-state index in [0.29, 0.717) is 0 Å². The minimum atomic E-state index is -0.566.